The van der Waals surface area contributed by atoms with Gasteiger partial charge in [0.15, 0.2) is 0 Å². The lowest BCUT2D eigenvalue weighted by molar-refractivity contribution is -0.117. The molecule has 0 saturated carbocycles. The van der Waals surface area contributed by atoms with Gasteiger partial charge in [-0.2, -0.15) is 0 Å². The van der Waals surface area contributed by atoms with Crippen molar-refractivity contribution in [2.75, 3.05) is 11.9 Å². The highest BCUT2D eigenvalue weighted by molar-refractivity contribution is 5.75. The molecule has 0 spiro atoms. The van der Waals surface area contributed by atoms with Gasteiger partial charge in [-0.1, -0.05) is 6.07 Å². The molecule has 1 aromatic carbocycles. The molecule has 16 heavy (non-hydrogen) atoms. The Morgan fingerprint density at radius 2 is 2.12 bits per heavy atom. The van der Waals surface area contributed by atoms with Crippen LogP contribution >= 0.6 is 0 Å². The first kappa shape index (κ1) is 11.2. The summed E-state index contributed by atoms with van der Waals surface area (Å²) in [6.45, 7) is 2.54. The lowest BCUT2D eigenvalue weighted by Crippen LogP contribution is -2.04. The maximum Gasteiger partial charge on any atom is 0.129 e. The van der Waals surface area contributed by atoms with E-state index in [1.165, 1.54) is 36.1 Å². The number of carbonyl (C=O) groups excluding carboxylic acids is 1. The van der Waals surface area contributed by atoms with Crippen molar-refractivity contribution >= 4 is 11.5 Å². The van der Waals surface area contributed by atoms with Gasteiger partial charge in [-0.25, -0.2) is 0 Å². The second-order valence-electron chi connectivity index (χ2n) is 4.57. The maximum absolute atomic E-state index is 10.8. The molecule has 0 unspecified atom stereocenters. The van der Waals surface area contributed by atoms with Crippen LogP contribution in [0.15, 0.2) is 18.2 Å². The van der Waals surface area contributed by atoms with Gasteiger partial charge >= 0.3 is 0 Å². The molecule has 0 amide bonds. The minimum Gasteiger partial charge on any atom is -0.385 e. The Kier molecular flexibility index (Phi) is 3.60. The van der Waals surface area contributed by atoms with Crippen molar-refractivity contribution in [2.24, 2.45) is 0 Å². The van der Waals surface area contributed by atoms with Gasteiger partial charge in [-0.05, 0) is 55.9 Å². The summed E-state index contributed by atoms with van der Waals surface area (Å²) in [6, 6.07) is 6.64. The molecule has 1 aliphatic rings. The van der Waals surface area contributed by atoms with Crippen LogP contribution in [0.1, 0.15) is 37.3 Å². The van der Waals surface area contributed by atoms with Crippen molar-refractivity contribution in [2.45, 2.75) is 39.0 Å². The zero-order valence-electron chi connectivity index (χ0n) is 9.88. The molecule has 1 N–H and O–H groups in total. The number of fused-ring (bicyclic) bond motifs is 1. The van der Waals surface area contributed by atoms with E-state index in [4.69, 9.17) is 0 Å². The highest BCUT2D eigenvalue weighted by Gasteiger charge is 2.10. The summed E-state index contributed by atoms with van der Waals surface area (Å²) in [5, 5.41) is 3.38. The molecule has 0 saturated heterocycles. The van der Waals surface area contributed by atoms with Crippen molar-refractivity contribution < 1.29 is 4.79 Å². The second kappa shape index (κ2) is 5.15. The van der Waals surface area contributed by atoms with Crippen LogP contribution in [0.3, 0.4) is 0 Å². The van der Waals surface area contributed by atoms with E-state index in [2.05, 4.69) is 23.5 Å². The van der Waals surface area contributed by atoms with Crippen molar-refractivity contribution in [3.8, 4) is 0 Å². The number of rotatable bonds is 5. The zero-order chi connectivity index (χ0) is 11.4. The fraction of sp³-hybridized carbons (Fsp3) is 0.500. The number of hydrogen-bond donors (Lipinski definition) is 1. The molecule has 0 bridgehead atoms. The molecule has 0 fully saturated rings. The maximum atomic E-state index is 10.8. The monoisotopic (exact) mass is 217 g/mol. The molecule has 0 radical (unpaired) electrons. The van der Waals surface area contributed by atoms with E-state index in [0.717, 1.165) is 13.0 Å². The number of ketones is 1. The predicted octanol–water partition coefficient (Wildman–Crippen LogP) is 2.96. The molecule has 0 aliphatic heterocycles. The molecular weight excluding hydrogens is 198 g/mol. The number of anilines is 1. The minimum absolute atomic E-state index is 0.274. The fourth-order valence-corrected chi connectivity index (χ4v) is 2.25. The lowest BCUT2D eigenvalue weighted by atomic mass is 10.1. The third-order valence-corrected chi connectivity index (χ3v) is 3.13. The molecule has 0 atom stereocenters. The van der Waals surface area contributed by atoms with Gasteiger partial charge in [0.1, 0.15) is 5.78 Å². The quantitative estimate of drug-likeness (QED) is 0.768. The molecule has 0 heterocycles. The minimum atomic E-state index is 0.274. The van der Waals surface area contributed by atoms with Crippen molar-refractivity contribution in [1.82, 2.24) is 0 Å². The van der Waals surface area contributed by atoms with Crippen LogP contribution in [-0.4, -0.2) is 12.3 Å². The normalized spacial score (nSPS) is 13.6. The summed E-state index contributed by atoms with van der Waals surface area (Å²) in [4.78, 5) is 10.8. The largest absolute Gasteiger partial charge is 0.385 e. The number of nitrogens with one attached hydrogen (secondary N) is 1. The van der Waals surface area contributed by atoms with E-state index in [1.807, 2.05) is 0 Å². The van der Waals surface area contributed by atoms with Gasteiger partial charge in [-0.3, -0.25) is 0 Å². The molecule has 1 aromatic rings. The van der Waals surface area contributed by atoms with Crippen LogP contribution in [0.5, 0.6) is 0 Å². The van der Waals surface area contributed by atoms with Crippen LogP contribution in [0.4, 0.5) is 5.69 Å². The highest BCUT2D eigenvalue weighted by atomic mass is 16.1. The van der Waals surface area contributed by atoms with E-state index in [1.54, 1.807) is 6.92 Å². The first-order valence-electron chi connectivity index (χ1n) is 6.11. The van der Waals surface area contributed by atoms with Crippen LogP contribution < -0.4 is 5.32 Å². The van der Waals surface area contributed by atoms with Crippen LogP contribution in [0, 0.1) is 0 Å². The topological polar surface area (TPSA) is 29.1 Å². The molecule has 2 rings (SSSR count). The van der Waals surface area contributed by atoms with E-state index in [0.29, 0.717) is 6.42 Å². The number of hydrogen-bond acceptors (Lipinski definition) is 2. The Balaban J connectivity index is 1.83. The summed E-state index contributed by atoms with van der Waals surface area (Å²) in [6.07, 6.45) is 5.35. The number of benzene rings is 1. The summed E-state index contributed by atoms with van der Waals surface area (Å²) in [7, 11) is 0. The summed E-state index contributed by atoms with van der Waals surface area (Å²) >= 11 is 0. The first-order chi connectivity index (χ1) is 7.75. The third kappa shape index (κ3) is 2.84. The summed E-state index contributed by atoms with van der Waals surface area (Å²) < 4.78 is 0. The zero-order valence-corrected chi connectivity index (χ0v) is 9.88. The number of aryl methyl sites for hydroxylation is 2. The molecule has 2 heteroatoms. The van der Waals surface area contributed by atoms with Crippen LogP contribution in [-0.2, 0) is 17.6 Å². The van der Waals surface area contributed by atoms with Gasteiger partial charge in [-0.15, -0.1) is 0 Å². The Morgan fingerprint density at radius 3 is 2.94 bits per heavy atom. The van der Waals surface area contributed by atoms with E-state index in [9.17, 15) is 4.79 Å². The summed E-state index contributed by atoms with van der Waals surface area (Å²) in [5.41, 5.74) is 4.20. The number of Topliss-reactive ketones (excluding diaryl/α,β-unsaturated/α-hetero) is 1. The third-order valence-electron chi connectivity index (χ3n) is 3.13. The Morgan fingerprint density at radius 1 is 1.31 bits per heavy atom. The molecule has 1 aliphatic carbocycles. The average Bonchev–Trinajstić information content (AvgIpc) is 2.71. The fourth-order valence-electron chi connectivity index (χ4n) is 2.25. The predicted molar refractivity (Wildman–Crippen MR) is 66.9 cm³/mol. The Hall–Kier alpha value is -1.31. The molecule has 86 valence electrons. The molecule has 2 nitrogen and oxygen atoms in total. The molecular formula is C14H19NO. The van der Waals surface area contributed by atoms with E-state index in [-0.39, 0.29) is 5.78 Å². The van der Waals surface area contributed by atoms with Crippen molar-refractivity contribution in [3.63, 3.8) is 0 Å². The highest BCUT2D eigenvalue weighted by Crippen LogP contribution is 2.24. The van der Waals surface area contributed by atoms with Crippen LogP contribution in [0.25, 0.3) is 0 Å². The Labute approximate surface area is 97.1 Å². The van der Waals surface area contributed by atoms with Gasteiger partial charge in [0.25, 0.3) is 0 Å². The van der Waals surface area contributed by atoms with Crippen molar-refractivity contribution in [1.29, 1.82) is 0 Å². The van der Waals surface area contributed by atoms with Gasteiger partial charge in [0.2, 0.25) is 0 Å². The van der Waals surface area contributed by atoms with Crippen molar-refractivity contribution in [3.05, 3.63) is 29.3 Å². The molecule has 0 aromatic heterocycles. The smallest absolute Gasteiger partial charge is 0.129 e. The first-order valence-corrected chi connectivity index (χ1v) is 6.11. The van der Waals surface area contributed by atoms with E-state index >= 15 is 0 Å². The average molecular weight is 217 g/mol. The Bertz CT molecular complexity index is 384. The van der Waals surface area contributed by atoms with Gasteiger partial charge in [0.05, 0.1) is 0 Å². The standard InChI is InChI=1S/C14H19NO/c1-11(16)4-3-9-15-14-8-7-12-5-2-6-13(12)10-14/h7-8,10,15H,2-6,9H2,1H3. The van der Waals surface area contributed by atoms with Gasteiger partial charge < -0.3 is 10.1 Å². The number of carbonyl (C=O) groups is 1. The van der Waals surface area contributed by atoms with Gasteiger partial charge in [0, 0.05) is 18.7 Å². The summed E-state index contributed by atoms with van der Waals surface area (Å²) in [5.74, 6) is 0.274. The SMILES string of the molecule is CC(=O)CCCNc1ccc2c(c1)CCC2. The van der Waals surface area contributed by atoms with Crippen LogP contribution in [0.2, 0.25) is 0 Å². The lowest BCUT2D eigenvalue weighted by Gasteiger charge is -2.07. The van der Waals surface area contributed by atoms with E-state index < -0.39 is 0 Å². The second-order valence-corrected chi connectivity index (χ2v) is 4.57.